The van der Waals surface area contributed by atoms with Crippen molar-refractivity contribution in [2.75, 3.05) is 4.90 Å². The summed E-state index contributed by atoms with van der Waals surface area (Å²) in [5, 5.41) is 9.23. The molecule has 2 aromatic carbocycles. The van der Waals surface area contributed by atoms with Gasteiger partial charge in [-0.25, -0.2) is 0 Å². The van der Waals surface area contributed by atoms with Crippen molar-refractivity contribution in [3.8, 4) is 5.75 Å². The molecule has 0 saturated carbocycles. The minimum absolute atomic E-state index is 0.182. The average Bonchev–Trinajstić information content (AvgIpc) is 2.76. The largest absolute Gasteiger partial charge is 0.573 e. The summed E-state index contributed by atoms with van der Waals surface area (Å²) in [6.45, 7) is 1.60. The first kappa shape index (κ1) is 18.8. The van der Waals surface area contributed by atoms with E-state index in [0.717, 1.165) is 17.7 Å². The lowest BCUT2D eigenvalue weighted by atomic mass is 9.80. The van der Waals surface area contributed by atoms with Gasteiger partial charge in [-0.2, -0.15) is 0 Å². The Balaban J connectivity index is 2.05. The number of nitrogens with zero attached hydrogens (tertiary/aromatic N) is 1. The number of hydrogen-bond donors (Lipinski definition) is 1. The second kappa shape index (κ2) is 6.61. The molecule has 0 fully saturated rings. The first-order valence-corrected chi connectivity index (χ1v) is 8.08. The molecule has 1 aliphatic rings. The molecule has 142 valence electrons. The van der Waals surface area contributed by atoms with Gasteiger partial charge < -0.3 is 14.7 Å². The highest BCUT2D eigenvalue weighted by Crippen LogP contribution is 2.46. The number of benzene rings is 2. The molecule has 1 atom stereocenters. The van der Waals surface area contributed by atoms with Crippen LogP contribution in [-0.2, 0) is 21.5 Å². The number of carboxylic acid groups (broad SMARTS) is 1. The molecule has 0 spiro atoms. The smallest absolute Gasteiger partial charge is 0.481 e. The van der Waals surface area contributed by atoms with E-state index in [1.807, 2.05) is 6.07 Å². The summed E-state index contributed by atoms with van der Waals surface area (Å²) in [6.07, 6.45) is -5.43. The number of alkyl halides is 3. The lowest BCUT2D eigenvalue weighted by Gasteiger charge is -2.23. The summed E-state index contributed by atoms with van der Waals surface area (Å²) >= 11 is 0. The van der Waals surface area contributed by atoms with E-state index >= 15 is 0 Å². The zero-order valence-electron chi connectivity index (χ0n) is 14.3. The average molecular weight is 379 g/mol. The highest BCUT2D eigenvalue weighted by atomic mass is 19.4. The van der Waals surface area contributed by atoms with Crippen LogP contribution in [0.2, 0.25) is 0 Å². The molecular formula is C19H16F3NO4. The van der Waals surface area contributed by atoms with Crippen molar-refractivity contribution in [1.82, 2.24) is 0 Å². The van der Waals surface area contributed by atoms with Gasteiger partial charge in [-0.3, -0.25) is 9.59 Å². The van der Waals surface area contributed by atoms with Gasteiger partial charge in [-0.1, -0.05) is 30.3 Å². The van der Waals surface area contributed by atoms with Crippen LogP contribution in [0, 0.1) is 0 Å². The van der Waals surface area contributed by atoms with Crippen LogP contribution in [-0.4, -0.2) is 23.3 Å². The van der Waals surface area contributed by atoms with Gasteiger partial charge in [-0.15, -0.1) is 13.2 Å². The monoisotopic (exact) mass is 379 g/mol. The predicted molar refractivity (Wildman–Crippen MR) is 90.4 cm³/mol. The maximum absolute atomic E-state index is 13.0. The molecule has 1 unspecified atom stereocenters. The molecule has 5 nitrogen and oxygen atoms in total. The summed E-state index contributed by atoms with van der Waals surface area (Å²) in [4.78, 5) is 25.7. The van der Waals surface area contributed by atoms with Crippen LogP contribution in [0.4, 0.5) is 18.9 Å². The number of fused-ring (bicyclic) bond motifs is 1. The highest BCUT2D eigenvalue weighted by Gasteiger charge is 2.49. The Kier molecular flexibility index (Phi) is 4.59. The van der Waals surface area contributed by atoms with E-state index < -0.39 is 35.8 Å². The Morgan fingerprint density at radius 3 is 2.44 bits per heavy atom. The molecule has 8 heteroatoms. The van der Waals surface area contributed by atoms with E-state index in [9.17, 15) is 27.9 Å². The minimum Gasteiger partial charge on any atom is -0.481 e. The molecule has 1 aliphatic heterocycles. The van der Waals surface area contributed by atoms with Crippen LogP contribution in [0.3, 0.4) is 0 Å². The van der Waals surface area contributed by atoms with Crippen LogP contribution >= 0.6 is 0 Å². The molecule has 27 heavy (non-hydrogen) atoms. The van der Waals surface area contributed by atoms with Gasteiger partial charge in [0.05, 0.1) is 18.4 Å². The molecule has 1 amide bonds. The number of carbonyl (C=O) groups excluding carboxylic acids is 1. The zero-order valence-corrected chi connectivity index (χ0v) is 14.3. The van der Waals surface area contributed by atoms with Crippen LogP contribution in [0.1, 0.15) is 24.5 Å². The molecule has 0 aliphatic carbocycles. The molecule has 0 radical (unpaired) electrons. The van der Waals surface area contributed by atoms with Crippen LogP contribution in [0.15, 0.2) is 48.5 Å². The number of rotatable bonds is 5. The molecule has 0 bridgehead atoms. The Hall–Kier alpha value is -3.03. The van der Waals surface area contributed by atoms with Gasteiger partial charge in [-0.05, 0) is 36.2 Å². The molecule has 3 rings (SSSR count). The lowest BCUT2D eigenvalue weighted by Crippen LogP contribution is -2.39. The Morgan fingerprint density at radius 1 is 1.19 bits per heavy atom. The zero-order chi connectivity index (χ0) is 19.8. The van der Waals surface area contributed by atoms with Crippen molar-refractivity contribution in [2.45, 2.75) is 31.7 Å². The molecule has 1 heterocycles. The Morgan fingerprint density at radius 2 is 1.85 bits per heavy atom. The minimum atomic E-state index is -4.89. The van der Waals surface area contributed by atoms with E-state index in [4.69, 9.17) is 0 Å². The quantitative estimate of drug-likeness (QED) is 0.857. The third-order valence-corrected chi connectivity index (χ3v) is 4.49. The molecule has 1 N–H and O–H groups in total. The number of carbonyl (C=O) groups is 2. The fraction of sp³-hybridized carbons (Fsp3) is 0.263. The van der Waals surface area contributed by atoms with Crippen molar-refractivity contribution in [1.29, 1.82) is 0 Å². The van der Waals surface area contributed by atoms with E-state index in [2.05, 4.69) is 4.74 Å². The molecule has 0 aromatic heterocycles. The number of aliphatic carboxylic acids is 1. The van der Waals surface area contributed by atoms with E-state index in [1.165, 1.54) is 17.9 Å². The van der Waals surface area contributed by atoms with Crippen molar-refractivity contribution < 1.29 is 32.6 Å². The third-order valence-electron chi connectivity index (χ3n) is 4.49. The lowest BCUT2D eigenvalue weighted by molar-refractivity contribution is -0.274. The number of carboxylic acids is 1. The normalized spacial score (nSPS) is 19.1. The molecule has 2 aromatic rings. The summed E-state index contributed by atoms with van der Waals surface area (Å²) < 4.78 is 41.6. The number of amides is 1. The van der Waals surface area contributed by atoms with Crippen LogP contribution in [0.25, 0.3) is 0 Å². The summed E-state index contributed by atoms with van der Waals surface area (Å²) in [5.74, 6) is -2.19. The highest BCUT2D eigenvalue weighted by molar-refractivity contribution is 6.09. The van der Waals surface area contributed by atoms with Gasteiger partial charge in [0.25, 0.3) is 0 Å². The maximum atomic E-state index is 13.0. The third kappa shape index (κ3) is 3.74. The fourth-order valence-electron chi connectivity index (χ4n) is 3.31. The topological polar surface area (TPSA) is 66.8 Å². The van der Waals surface area contributed by atoms with E-state index in [0.29, 0.717) is 5.69 Å². The number of halogens is 3. The van der Waals surface area contributed by atoms with Gasteiger partial charge in [0.1, 0.15) is 5.75 Å². The molecular weight excluding hydrogens is 363 g/mol. The van der Waals surface area contributed by atoms with Gasteiger partial charge in [0.15, 0.2) is 0 Å². The van der Waals surface area contributed by atoms with E-state index in [1.54, 1.807) is 24.3 Å². The van der Waals surface area contributed by atoms with E-state index in [-0.39, 0.29) is 12.1 Å². The van der Waals surface area contributed by atoms with Crippen molar-refractivity contribution in [2.24, 2.45) is 0 Å². The second-order valence-electron chi connectivity index (χ2n) is 6.51. The van der Waals surface area contributed by atoms with Gasteiger partial charge >= 0.3 is 12.3 Å². The van der Waals surface area contributed by atoms with Crippen molar-refractivity contribution >= 4 is 17.6 Å². The van der Waals surface area contributed by atoms with Gasteiger partial charge in [0, 0.05) is 5.69 Å². The first-order chi connectivity index (χ1) is 12.6. The second-order valence-corrected chi connectivity index (χ2v) is 6.51. The summed E-state index contributed by atoms with van der Waals surface area (Å²) in [6, 6.07) is 12.6. The Bertz CT molecular complexity index is 882. The van der Waals surface area contributed by atoms with Crippen LogP contribution in [0.5, 0.6) is 5.75 Å². The van der Waals surface area contributed by atoms with Crippen molar-refractivity contribution in [3.05, 3.63) is 59.7 Å². The standard InChI is InChI=1S/C19H16F3NO4/c1-18(10-16(24)25)14-9-13(27-19(20,21)22)7-8-15(14)23(17(18)26)11-12-5-3-2-4-6-12/h2-9H,10-11H2,1H3,(H,24,25). The van der Waals surface area contributed by atoms with Gasteiger partial charge in [0.2, 0.25) is 5.91 Å². The summed E-state index contributed by atoms with van der Waals surface area (Å²) in [5.41, 5.74) is -0.0947. The predicted octanol–water partition coefficient (Wildman–Crippen LogP) is 3.86. The summed E-state index contributed by atoms with van der Waals surface area (Å²) in [7, 11) is 0. The Labute approximate surface area is 153 Å². The SMILES string of the molecule is CC1(CC(=O)O)C(=O)N(Cc2ccccc2)c2ccc(OC(F)(F)F)cc21. The fourth-order valence-corrected chi connectivity index (χ4v) is 3.31. The number of hydrogen-bond acceptors (Lipinski definition) is 3. The van der Waals surface area contributed by atoms with Crippen LogP contribution < -0.4 is 9.64 Å². The van der Waals surface area contributed by atoms with Crippen molar-refractivity contribution in [3.63, 3.8) is 0 Å². The first-order valence-electron chi connectivity index (χ1n) is 8.08. The maximum Gasteiger partial charge on any atom is 0.573 e. The number of anilines is 1. The number of ether oxygens (including phenoxy) is 1. The molecule has 0 saturated heterocycles.